The van der Waals surface area contributed by atoms with E-state index in [9.17, 15) is 9.59 Å². The molecule has 3 amide bonds. The molecule has 0 bridgehead atoms. The van der Waals surface area contributed by atoms with E-state index >= 15 is 0 Å². The van der Waals surface area contributed by atoms with Crippen molar-refractivity contribution in [1.82, 2.24) is 20.3 Å². The van der Waals surface area contributed by atoms with Crippen molar-refractivity contribution in [3.63, 3.8) is 0 Å². The van der Waals surface area contributed by atoms with E-state index in [-0.39, 0.29) is 11.9 Å². The van der Waals surface area contributed by atoms with Gasteiger partial charge in [-0.2, -0.15) is 15.0 Å². The van der Waals surface area contributed by atoms with Gasteiger partial charge in [-0.25, -0.2) is 9.69 Å². The highest BCUT2D eigenvalue weighted by atomic mass is 32.2. The minimum absolute atomic E-state index is 0.180. The Kier molecular flexibility index (Phi) is 3.56. The van der Waals surface area contributed by atoms with Crippen LogP contribution in [-0.4, -0.2) is 53.3 Å². The Morgan fingerprint density at radius 1 is 1.26 bits per heavy atom. The van der Waals surface area contributed by atoms with Crippen LogP contribution in [0.15, 0.2) is 5.16 Å². The number of thioether (sulfide) groups is 1. The summed E-state index contributed by atoms with van der Waals surface area (Å²) in [6.07, 6.45) is 1.83. The van der Waals surface area contributed by atoms with Crippen molar-refractivity contribution >= 4 is 35.6 Å². The zero-order chi connectivity index (χ0) is 14.2. The SMILES string of the molecule is CSc1nc(N(C)C)nc(N2C(=O)NC(=O)[C@H]2C)n1. The Morgan fingerprint density at radius 3 is 2.42 bits per heavy atom. The highest BCUT2D eigenvalue weighted by Crippen LogP contribution is 2.21. The van der Waals surface area contributed by atoms with E-state index < -0.39 is 12.1 Å². The van der Waals surface area contributed by atoms with E-state index in [2.05, 4.69) is 20.3 Å². The summed E-state index contributed by atoms with van der Waals surface area (Å²) in [6, 6.07) is -1.14. The third-order valence-electron chi connectivity index (χ3n) is 2.61. The molecule has 1 aliphatic heterocycles. The monoisotopic (exact) mass is 282 g/mol. The molecule has 1 aliphatic rings. The average Bonchev–Trinajstić information content (AvgIpc) is 2.62. The van der Waals surface area contributed by atoms with Crippen LogP contribution in [0.5, 0.6) is 0 Å². The molecule has 19 heavy (non-hydrogen) atoms. The summed E-state index contributed by atoms with van der Waals surface area (Å²) in [6.45, 7) is 1.62. The number of carbonyl (C=O) groups is 2. The van der Waals surface area contributed by atoms with E-state index in [1.54, 1.807) is 25.9 Å². The summed E-state index contributed by atoms with van der Waals surface area (Å²) in [5.41, 5.74) is 0. The van der Waals surface area contributed by atoms with Gasteiger partial charge in [-0.15, -0.1) is 0 Å². The van der Waals surface area contributed by atoms with Crippen molar-refractivity contribution in [2.75, 3.05) is 30.2 Å². The number of urea groups is 1. The second-order valence-electron chi connectivity index (χ2n) is 4.16. The Bertz CT molecular complexity index is 535. The molecule has 0 aliphatic carbocycles. The van der Waals surface area contributed by atoms with Gasteiger partial charge in [0, 0.05) is 14.1 Å². The largest absolute Gasteiger partial charge is 0.347 e. The van der Waals surface area contributed by atoms with Gasteiger partial charge in [-0.05, 0) is 13.2 Å². The Morgan fingerprint density at radius 2 is 1.95 bits per heavy atom. The van der Waals surface area contributed by atoms with Crippen molar-refractivity contribution in [1.29, 1.82) is 0 Å². The minimum atomic E-state index is -0.625. The molecule has 0 unspecified atom stereocenters. The molecule has 1 fully saturated rings. The topological polar surface area (TPSA) is 91.3 Å². The van der Waals surface area contributed by atoms with Crippen LogP contribution in [0, 0.1) is 0 Å². The van der Waals surface area contributed by atoms with Gasteiger partial charge >= 0.3 is 6.03 Å². The smallest absolute Gasteiger partial charge is 0.331 e. The zero-order valence-electron chi connectivity index (χ0n) is 11.0. The molecule has 0 saturated carbocycles. The van der Waals surface area contributed by atoms with E-state index in [0.29, 0.717) is 11.1 Å². The number of nitrogens with zero attached hydrogens (tertiary/aromatic N) is 5. The molecule has 2 rings (SSSR count). The molecule has 1 atom stereocenters. The Labute approximate surface area is 114 Å². The van der Waals surface area contributed by atoms with E-state index in [1.165, 1.54) is 16.7 Å². The lowest BCUT2D eigenvalue weighted by Gasteiger charge is -2.18. The molecule has 1 aromatic rings. The quantitative estimate of drug-likeness (QED) is 0.621. The molecule has 0 radical (unpaired) electrons. The van der Waals surface area contributed by atoms with Gasteiger partial charge in [0.05, 0.1) is 0 Å². The van der Waals surface area contributed by atoms with Crippen molar-refractivity contribution in [3.8, 4) is 0 Å². The maximum atomic E-state index is 11.7. The molecule has 2 heterocycles. The van der Waals surface area contributed by atoms with E-state index in [1.807, 2.05) is 6.26 Å². The van der Waals surface area contributed by atoms with Crippen LogP contribution < -0.4 is 15.1 Å². The molecular weight excluding hydrogens is 268 g/mol. The van der Waals surface area contributed by atoms with Crippen LogP contribution in [0.1, 0.15) is 6.92 Å². The van der Waals surface area contributed by atoms with Crippen molar-refractivity contribution < 1.29 is 9.59 Å². The van der Waals surface area contributed by atoms with Gasteiger partial charge in [-0.3, -0.25) is 10.1 Å². The highest BCUT2D eigenvalue weighted by molar-refractivity contribution is 7.98. The number of hydrogen-bond acceptors (Lipinski definition) is 7. The molecule has 1 aromatic heterocycles. The second-order valence-corrected chi connectivity index (χ2v) is 4.93. The van der Waals surface area contributed by atoms with Gasteiger partial charge < -0.3 is 4.90 Å². The average molecular weight is 282 g/mol. The number of rotatable bonds is 3. The summed E-state index contributed by atoms with van der Waals surface area (Å²) in [5.74, 6) is 0.259. The normalized spacial score (nSPS) is 18.7. The number of imide groups is 1. The van der Waals surface area contributed by atoms with Crippen molar-refractivity contribution in [2.24, 2.45) is 0 Å². The van der Waals surface area contributed by atoms with E-state index in [4.69, 9.17) is 0 Å². The molecule has 102 valence electrons. The number of carbonyl (C=O) groups excluding carboxylic acids is 2. The molecule has 9 heteroatoms. The summed E-state index contributed by atoms with van der Waals surface area (Å²) in [5, 5.41) is 2.72. The first-order valence-electron chi connectivity index (χ1n) is 5.55. The van der Waals surface area contributed by atoms with Crippen molar-refractivity contribution in [2.45, 2.75) is 18.1 Å². The van der Waals surface area contributed by atoms with Crippen LogP contribution >= 0.6 is 11.8 Å². The highest BCUT2D eigenvalue weighted by Gasteiger charge is 2.38. The Hall–Kier alpha value is -1.90. The van der Waals surface area contributed by atoms with Gasteiger partial charge in [0.1, 0.15) is 6.04 Å². The predicted octanol–water partition coefficient (Wildman–Crippen LogP) is 0.104. The summed E-state index contributed by atoms with van der Waals surface area (Å²) in [7, 11) is 3.59. The third kappa shape index (κ3) is 2.46. The lowest BCUT2D eigenvalue weighted by atomic mass is 10.3. The zero-order valence-corrected chi connectivity index (χ0v) is 11.9. The predicted molar refractivity (Wildman–Crippen MR) is 71.4 cm³/mol. The fraction of sp³-hybridized carbons (Fsp3) is 0.500. The van der Waals surface area contributed by atoms with E-state index in [0.717, 1.165) is 0 Å². The minimum Gasteiger partial charge on any atom is -0.347 e. The number of nitrogens with one attached hydrogen (secondary N) is 1. The first-order chi connectivity index (χ1) is 8.93. The summed E-state index contributed by atoms with van der Waals surface area (Å²) < 4.78 is 0. The van der Waals surface area contributed by atoms with Crippen molar-refractivity contribution in [3.05, 3.63) is 0 Å². The number of amides is 3. The van der Waals surface area contributed by atoms with Crippen LogP contribution in [-0.2, 0) is 4.79 Å². The van der Waals surface area contributed by atoms with Gasteiger partial charge in [0.2, 0.25) is 11.9 Å². The fourth-order valence-corrected chi connectivity index (χ4v) is 1.91. The van der Waals surface area contributed by atoms with Crippen LogP contribution in [0.4, 0.5) is 16.7 Å². The maximum Gasteiger partial charge on any atom is 0.331 e. The number of hydrogen-bond donors (Lipinski definition) is 1. The molecule has 0 spiro atoms. The third-order valence-corrected chi connectivity index (χ3v) is 3.15. The summed E-state index contributed by atoms with van der Waals surface area (Å²) >= 11 is 1.34. The van der Waals surface area contributed by atoms with Gasteiger partial charge in [-0.1, -0.05) is 11.8 Å². The first kappa shape index (κ1) is 13.5. The molecule has 8 nitrogen and oxygen atoms in total. The standard InChI is InChI=1S/C10H14N6O2S/c1-5-6(17)11-10(18)16(5)8-12-7(15(2)3)13-9(14-8)19-4/h5H,1-4H3,(H,11,17,18)/t5-/m1/s1. The molecule has 0 aromatic carbocycles. The lowest BCUT2D eigenvalue weighted by Crippen LogP contribution is -2.35. The van der Waals surface area contributed by atoms with Gasteiger partial charge in [0.15, 0.2) is 5.16 Å². The van der Waals surface area contributed by atoms with Crippen LogP contribution in [0.2, 0.25) is 0 Å². The first-order valence-corrected chi connectivity index (χ1v) is 6.78. The van der Waals surface area contributed by atoms with Crippen LogP contribution in [0.25, 0.3) is 0 Å². The second kappa shape index (κ2) is 5.00. The summed E-state index contributed by atoms with van der Waals surface area (Å²) in [4.78, 5) is 38.8. The van der Waals surface area contributed by atoms with Gasteiger partial charge in [0.25, 0.3) is 5.91 Å². The lowest BCUT2D eigenvalue weighted by molar-refractivity contribution is -0.119. The van der Waals surface area contributed by atoms with Crippen LogP contribution in [0.3, 0.4) is 0 Å². The molecule has 1 saturated heterocycles. The number of anilines is 2. The Balaban J connectivity index is 2.47. The fourth-order valence-electron chi connectivity index (χ4n) is 1.56. The number of aromatic nitrogens is 3. The molecule has 1 N–H and O–H groups in total. The molecular formula is C10H14N6O2S. The maximum absolute atomic E-state index is 11.7.